The Labute approximate surface area is 209 Å². The fourth-order valence-electron chi connectivity index (χ4n) is 4.27. The number of benzene rings is 2. The number of pyridine rings is 1. The van der Waals surface area contributed by atoms with Crippen LogP contribution in [0.15, 0.2) is 54.7 Å². The molecule has 1 atom stereocenters. The number of aromatic carboxylic acids is 1. The molecule has 1 aliphatic rings. The molecule has 10 heteroatoms. The molecule has 1 fully saturated rings. The molecule has 36 heavy (non-hydrogen) atoms. The van der Waals surface area contributed by atoms with Crippen molar-refractivity contribution in [2.24, 2.45) is 5.92 Å². The molecule has 1 aromatic heterocycles. The van der Waals surface area contributed by atoms with Gasteiger partial charge in [0.15, 0.2) is 0 Å². The molecule has 0 bridgehead atoms. The first-order chi connectivity index (χ1) is 17.1. The second kappa shape index (κ2) is 10.7. The molecular formula is C26H21ClF4N2O3. The van der Waals surface area contributed by atoms with Crippen LogP contribution < -0.4 is 5.32 Å². The van der Waals surface area contributed by atoms with Gasteiger partial charge in [-0.15, -0.1) is 0 Å². The summed E-state index contributed by atoms with van der Waals surface area (Å²) >= 11 is 5.80. The summed E-state index contributed by atoms with van der Waals surface area (Å²) < 4.78 is 55.0. The van der Waals surface area contributed by atoms with Crippen molar-refractivity contribution in [2.75, 3.05) is 5.32 Å². The number of hydrogen-bond donors (Lipinski definition) is 2. The normalized spacial score (nSPS) is 17.9. The standard InChI is InChI=1S/C26H21ClF4N2O3/c27-20-7-6-18(24(30)31)22(23(20)29)15-3-8-21(32-12-15)19(11-13-9-16(28)10-13)25(34)33-17-4-1-14(2-5-17)26(35)36/h1-8,12-13,16,19,24H,9-11H2,(H,33,34)(H,35,36). The lowest BCUT2D eigenvalue weighted by atomic mass is 9.76. The molecule has 0 spiro atoms. The molecule has 0 aliphatic heterocycles. The smallest absolute Gasteiger partial charge is 0.335 e. The fourth-order valence-corrected chi connectivity index (χ4v) is 4.43. The van der Waals surface area contributed by atoms with E-state index < -0.39 is 41.8 Å². The molecule has 1 aliphatic carbocycles. The molecule has 2 N–H and O–H groups in total. The molecule has 1 unspecified atom stereocenters. The molecule has 5 nitrogen and oxygen atoms in total. The predicted octanol–water partition coefficient (Wildman–Crippen LogP) is 7.04. The quantitative estimate of drug-likeness (QED) is 0.312. The van der Waals surface area contributed by atoms with Gasteiger partial charge in [0.1, 0.15) is 12.0 Å². The Bertz CT molecular complexity index is 1260. The number of amides is 1. The summed E-state index contributed by atoms with van der Waals surface area (Å²) in [6.07, 6.45) is -1.71. The zero-order valence-corrected chi connectivity index (χ0v) is 19.5. The number of alkyl halides is 3. The van der Waals surface area contributed by atoms with Crippen LogP contribution in [0.2, 0.25) is 5.02 Å². The molecule has 1 heterocycles. The van der Waals surface area contributed by atoms with E-state index >= 15 is 0 Å². The fraction of sp³-hybridized carbons (Fsp3) is 0.269. The maximum atomic E-state index is 14.6. The van der Waals surface area contributed by atoms with Gasteiger partial charge in [-0.2, -0.15) is 0 Å². The third-order valence-corrected chi connectivity index (χ3v) is 6.55. The Hall–Kier alpha value is -3.46. The van der Waals surface area contributed by atoms with Crippen LogP contribution in [-0.4, -0.2) is 28.1 Å². The van der Waals surface area contributed by atoms with Gasteiger partial charge >= 0.3 is 5.97 Å². The number of anilines is 1. The van der Waals surface area contributed by atoms with E-state index in [9.17, 15) is 27.2 Å². The van der Waals surface area contributed by atoms with Crippen LogP contribution in [0.5, 0.6) is 0 Å². The Morgan fingerprint density at radius 2 is 1.78 bits per heavy atom. The molecule has 4 rings (SSSR count). The highest BCUT2D eigenvalue weighted by Crippen LogP contribution is 2.39. The number of carbonyl (C=O) groups excluding carboxylic acids is 1. The van der Waals surface area contributed by atoms with Crippen molar-refractivity contribution in [1.82, 2.24) is 4.98 Å². The second-order valence-electron chi connectivity index (χ2n) is 8.69. The van der Waals surface area contributed by atoms with Gasteiger partial charge in [-0.05, 0) is 61.6 Å². The molecule has 3 aromatic rings. The van der Waals surface area contributed by atoms with Crippen LogP contribution in [0, 0.1) is 11.7 Å². The first-order valence-electron chi connectivity index (χ1n) is 11.1. The van der Waals surface area contributed by atoms with Crippen molar-refractivity contribution in [2.45, 2.75) is 37.8 Å². The third kappa shape index (κ3) is 5.51. The predicted molar refractivity (Wildman–Crippen MR) is 127 cm³/mol. The van der Waals surface area contributed by atoms with E-state index in [1.165, 1.54) is 42.6 Å². The summed E-state index contributed by atoms with van der Waals surface area (Å²) in [5.74, 6) is -3.38. The van der Waals surface area contributed by atoms with E-state index in [1.54, 1.807) is 0 Å². The Morgan fingerprint density at radius 1 is 1.08 bits per heavy atom. The van der Waals surface area contributed by atoms with Crippen LogP contribution in [0.3, 0.4) is 0 Å². The number of nitrogens with zero attached hydrogens (tertiary/aromatic N) is 1. The molecule has 1 amide bonds. The van der Waals surface area contributed by atoms with Crippen molar-refractivity contribution in [1.29, 1.82) is 0 Å². The number of halogens is 5. The number of carboxylic acid groups (broad SMARTS) is 1. The molecule has 188 valence electrons. The third-order valence-electron chi connectivity index (χ3n) is 6.26. The van der Waals surface area contributed by atoms with E-state index in [0.29, 0.717) is 30.6 Å². The zero-order valence-electron chi connectivity index (χ0n) is 18.7. The summed E-state index contributed by atoms with van der Waals surface area (Å²) in [5.41, 5.74) is -0.0936. The molecule has 1 saturated carbocycles. The maximum absolute atomic E-state index is 14.6. The number of carbonyl (C=O) groups is 2. The topological polar surface area (TPSA) is 79.3 Å². The maximum Gasteiger partial charge on any atom is 0.335 e. The number of rotatable bonds is 8. The number of hydrogen-bond acceptors (Lipinski definition) is 3. The van der Waals surface area contributed by atoms with E-state index in [1.807, 2.05) is 0 Å². The van der Waals surface area contributed by atoms with Gasteiger partial charge in [0, 0.05) is 28.6 Å². The minimum absolute atomic E-state index is 0.0394. The lowest BCUT2D eigenvalue weighted by molar-refractivity contribution is -0.118. The average molecular weight is 521 g/mol. The van der Waals surface area contributed by atoms with Crippen molar-refractivity contribution in [3.05, 3.63) is 82.4 Å². The van der Waals surface area contributed by atoms with E-state index in [0.717, 1.165) is 12.1 Å². The molecule has 0 saturated heterocycles. The van der Waals surface area contributed by atoms with E-state index in [-0.39, 0.29) is 27.6 Å². The van der Waals surface area contributed by atoms with Crippen molar-refractivity contribution >= 4 is 29.2 Å². The SMILES string of the molecule is O=C(O)c1ccc(NC(=O)C(CC2CC(F)C2)c2ccc(-c3c(C(F)F)ccc(Cl)c3F)cn2)cc1. The highest BCUT2D eigenvalue weighted by molar-refractivity contribution is 6.31. The van der Waals surface area contributed by atoms with Gasteiger partial charge in [-0.3, -0.25) is 9.78 Å². The summed E-state index contributed by atoms with van der Waals surface area (Å²) in [7, 11) is 0. The Kier molecular flexibility index (Phi) is 7.59. The molecule has 2 aromatic carbocycles. The monoisotopic (exact) mass is 520 g/mol. The van der Waals surface area contributed by atoms with Crippen LogP contribution in [0.1, 0.15) is 53.2 Å². The minimum Gasteiger partial charge on any atom is -0.478 e. The van der Waals surface area contributed by atoms with Gasteiger partial charge in [-0.25, -0.2) is 22.4 Å². The lowest BCUT2D eigenvalue weighted by Crippen LogP contribution is -2.30. The highest BCUT2D eigenvalue weighted by Gasteiger charge is 2.34. The van der Waals surface area contributed by atoms with Crippen LogP contribution in [0.4, 0.5) is 23.2 Å². The number of aromatic nitrogens is 1. The molecular weight excluding hydrogens is 500 g/mol. The zero-order chi connectivity index (χ0) is 26.0. The van der Waals surface area contributed by atoms with Gasteiger partial charge in [0.05, 0.1) is 22.2 Å². The van der Waals surface area contributed by atoms with Gasteiger partial charge < -0.3 is 10.4 Å². The van der Waals surface area contributed by atoms with Gasteiger partial charge in [-0.1, -0.05) is 23.7 Å². The van der Waals surface area contributed by atoms with Crippen LogP contribution in [0.25, 0.3) is 11.1 Å². The van der Waals surface area contributed by atoms with Crippen molar-refractivity contribution in [3.8, 4) is 11.1 Å². The first kappa shape index (κ1) is 25.6. The Morgan fingerprint density at radius 3 is 2.33 bits per heavy atom. The van der Waals surface area contributed by atoms with Crippen molar-refractivity contribution in [3.63, 3.8) is 0 Å². The summed E-state index contributed by atoms with van der Waals surface area (Å²) in [4.78, 5) is 28.5. The highest BCUT2D eigenvalue weighted by atomic mass is 35.5. The van der Waals surface area contributed by atoms with E-state index in [4.69, 9.17) is 16.7 Å². The Balaban J connectivity index is 1.61. The molecule has 0 radical (unpaired) electrons. The second-order valence-corrected chi connectivity index (χ2v) is 9.10. The minimum atomic E-state index is -2.94. The largest absolute Gasteiger partial charge is 0.478 e. The van der Waals surface area contributed by atoms with Crippen LogP contribution in [-0.2, 0) is 4.79 Å². The summed E-state index contributed by atoms with van der Waals surface area (Å²) in [6.45, 7) is 0. The summed E-state index contributed by atoms with van der Waals surface area (Å²) in [5, 5.41) is 11.4. The number of carboxylic acids is 1. The van der Waals surface area contributed by atoms with Crippen molar-refractivity contribution < 1.29 is 32.3 Å². The first-order valence-corrected chi connectivity index (χ1v) is 11.5. The van der Waals surface area contributed by atoms with Crippen LogP contribution >= 0.6 is 11.6 Å². The lowest BCUT2D eigenvalue weighted by Gasteiger charge is -2.32. The number of nitrogens with one attached hydrogen (secondary N) is 1. The van der Waals surface area contributed by atoms with E-state index in [2.05, 4.69) is 10.3 Å². The average Bonchev–Trinajstić information content (AvgIpc) is 2.83. The summed E-state index contributed by atoms with van der Waals surface area (Å²) in [6, 6.07) is 10.5. The van der Waals surface area contributed by atoms with Gasteiger partial charge in [0.25, 0.3) is 6.43 Å². The van der Waals surface area contributed by atoms with Gasteiger partial charge in [0.2, 0.25) is 5.91 Å².